The molecular formula is C6H4F4NO6P. The van der Waals surface area contributed by atoms with E-state index < -0.39 is 42.9 Å². The number of aromatic nitrogens is 1. The normalized spacial score (nSPS) is 10.6. The first-order valence-corrected chi connectivity index (χ1v) is 5.23. The van der Waals surface area contributed by atoms with Gasteiger partial charge in [-0.2, -0.15) is 8.78 Å². The van der Waals surface area contributed by atoms with E-state index in [4.69, 9.17) is 24.4 Å². The van der Waals surface area contributed by atoms with Gasteiger partial charge >= 0.3 is 13.8 Å². The number of hydrogen-bond donors (Lipinski definition) is 4. The van der Waals surface area contributed by atoms with Gasteiger partial charge in [0.25, 0.3) is 5.95 Å². The Morgan fingerprint density at radius 2 is 1.39 bits per heavy atom. The number of carboxylic acid groups (broad SMARTS) is 1. The zero-order valence-electron chi connectivity index (χ0n) is 8.01. The first-order valence-electron chi connectivity index (χ1n) is 3.66. The van der Waals surface area contributed by atoms with Crippen LogP contribution in [0.5, 0.6) is 0 Å². The molecule has 0 saturated carbocycles. The molecule has 0 aliphatic heterocycles. The molecule has 0 radical (unpaired) electrons. The molecule has 0 aliphatic carbocycles. The third-order valence-electron chi connectivity index (χ3n) is 1.19. The molecule has 4 N–H and O–H groups in total. The van der Waals surface area contributed by atoms with Gasteiger partial charge < -0.3 is 19.8 Å². The summed E-state index contributed by atoms with van der Waals surface area (Å²) in [5.41, 5.74) is -1.49. The quantitative estimate of drug-likeness (QED) is 0.335. The Labute approximate surface area is 95.6 Å². The number of pyridine rings is 1. The van der Waals surface area contributed by atoms with Gasteiger partial charge in [0.15, 0.2) is 11.5 Å². The summed E-state index contributed by atoms with van der Waals surface area (Å²) < 4.78 is 58.1. The van der Waals surface area contributed by atoms with Crippen molar-refractivity contribution in [1.29, 1.82) is 0 Å². The summed E-state index contributed by atoms with van der Waals surface area (Å²) in [4.78, 5) is 34.0. The molecule has 0 aliphatic rings. The van der Waals surface area contributed by atoms with Gasteiger partial charge in [0, 0.05) is 0 Å². The summed E-state index contributed by atoms with van der Waals surface area (Å²) in [6.07, 6.45) is 0. The van der Waals surface area contributed by atoms with Crippen molar-refractivity contribution in [3.05, 3.63) is 29.1 Å². The zero-order valence-corrected chi connectivity index (χ0v) is 8.91. The predicted octanol–water partition coefficient (Wildman–Crippen LogP) is 0.408. The van der Waals surface area contributed by atoms with E-state index in [1.165, 1.54) is 0 Å². The monoisotopic (exact) mass is 293 g/mol. The molecule has 0 amide bonds. The number of carbonyl (C=O) groups is 1. The fourth-order valence-corrected chi connectivity index (χ4v) is 0.629. The van der Waals surface area contributed by atoms with Crippen LogP contribution in [0.3, 0.4) is 0 Å². The van der Waals surface area contributed by atoms with Crippen LogP contribution >= 0.6 is 7.82 Å². The lowest BCUT2D eigenvalue weighted by Gasteiger charge is -1.99. The maximum absolute atomic E-state index is 12.5. The van der Waals surface area contributed by atoms with Crippen molar-refractivity contribution in [2.45, 2.75) is 0 Å². The van der Waals surface area contributed by atoms with E-state index in [9.17, 15) is 22.4 Å². The van der Waals surface area contributed by atoms with Crippen molar-refractivity contribution in [2.24, 2.45) is 0 Å². The topological polar surface area (TPSA) is 128 Å². The molecular weight excluding hydrogens is 289 g/mol. The Hall–Kier alpha value is -1.55. The van der Waals surface area contributed by atoms with E-state index >= 15 is 0 Å². The molecule has 1 aromatic rings. The lowest BCUT2D eigenvalue weighted by Crippen LogP contribution is -2.11. The van der Waals surface area contributed by atoms with E-state index in [1.807, 2.05) is 0 Å². The standard InChI is InChI=1S/C6HF4NO2.H3O4P/c7-1-2(8)4(6(12)13)11-5(10)3(1)9;1-5(2,3)4/h(H,12,13);(H3,1,2,3,4). The van der Waals surface area contributed by atoms with E-state index in [2.05, 4.69) is 4.98 Å². The Kier molecular flexibility index (Phi) is 5.36. The molecule has 1 aromatic heterocycles. The van der Waals surface area contributed by atoms with Crippen molar-refractivity contribution in [3.63, 3.8) is 0 Å². The average Bonchev–Trinajstić information content (AvgIpc) is 2.17. The van der Waals surface area contributed by atoms with Crippen LogP contribution in [0.25, 0.3) is 0 Å². The molecule has 0 bridgehead atoms. The summed E-state index contributed by atoms with van der Waals surface area (Å²) >= 11 is 0. The number of phosphoric acid groups is 1. The fourth-order valence-electron chi connectivity index (χ4n) is 0.629. The van der Waals surface area contributed by atoms with Crippen LogP contribution in [0, 0.1) is 23.4 Å². The van der Waals surface area contributed by atoms with Crippen LogP contribution in [-0.4, -0.2) is 30.7 Å². The van der Waals surface area contributed by atoms with Crippen LogP contribution in [-0.2, 0) is 4.57 Å². The largest absolute Gasteiger partial charge is 0.476 e. The molecule has 7 nitrogen and oxygen atoms in total. The highest BCUT2D eigenvalue weighted by atomic mass is 31.2. The molecule has 1 rings (SSSR count). The lowest BCUT2D eigenvalue weighted by atomic mass is 10.3. The SMILES string of the molecule is O=C(O)c1nc(F)c(F)c(F)c1F.O=P(O)(O)O. The first kappa shape index (κ1) is 16.4. The maximum atomic E-state index is 12.5. The van der Waals surface area contributed by atoms with Crippen LogP contribution in [0.2, 0.25) is 0 Å². The summed E-state index contributed by atoms with van der Waals surface area (Å²) in [5, 5.41) is 8.15. The summed E-state index contributed by atoms with van der Waals surface area (Å²) in [6.45, 7) is 0. The van der Waals surface area contributed by atoms with Crippen LogP contribution in [0.1, 0.15) is 10.5 Å². The third kappa shape index (κ3) is 5.19. The lowest BCUT2D eigenvalue weighted by molar-refractivity contribution is 0.0680. The van der Waals surface area contributed by atoms with Gasteiger partial charge in [0.2, 0.25) is 11.6 Å². The van der Waals surface area contributed by atoms with Crippen molar-refractivity contribution in [2.75, 3.05) is 0 Å². The molecule has 0 unspecified atom stereocenters. The smallest absolute Gasteiger partial charge is 0.466 e. The van der Waals surface area contributed by atoms with Gasteiger partial charge in [-0.25, -0.2) is 23.1 Å². The second-order valence-corrected chi connectivity index (χ2v) is 3.54. The van der Waals surface area contributed by atoms with Gasteiger partial charge in [-0.1, -0.05) is 0 Å². The second-order valence-electron chi connectivity index (χ2n) is 2.51. The molecule has 1 heterocycles. The van der Waals surface area contributed by atoms with Gasteiger partial charge in [-0.3, -0.25) is 0 Å². The van der Waals surface area contributed by atoms with Crippen molar-refractivity contribution < 1.29 is 46.7 Å². The molecule has 102 valence electrons. The fraction of sp³-hybridized carbons (Fsp3) is 0. The van der Waals surface area contributed by atoms with E-state index in [0.717, 1.165) is 0 Å². The highest BCUT2D eigenvalue weighted by Gasteiger charge is 2.24. The first-order chi connectivity index (χ1) is 7.95. The maximum Gasteiger partial charge on any atom is 0.466 e. The molecule has 12 heteroatoms. The highest BCUT2D eigenvalue weighted by molar-refractivity contribution is 7.45. The van der Waals surface area contributed by atoms with Crippen molar-refractivity contribution >= 4 is 13.8 Å². The van der Waals surface area contributed by atoms with Gasteiger partial charge in [-0.15, -0.1) is 0 Å². The van der Waals surface area contributed by atoms with Crippen molar-refractivity contribution in [3.8, 4) is 0 Å². The minimum atomic E-state index is -4.64. The van der Waals surface area contributed by atoms with Crippen LogP contribution in [0.15, 0.2) is 0 Å². The molecule has 0 fully saturated rings. The summed E-state index contributed by atoms with van der Waals surface area (Å²) in [6, 6.07) is 0. The number of halogens is 4. The van der Waals surface area contributed by atoms with Gasteiger partial charge in [0.05, 0.1) is 0 Å². The Balaban J connectivity index is 0.000000494. The van der Waals surface area contributed by atoms with Gasteiger partial charge in [0.1, 0.15) is 0 Å². The molecule has 0 atom stereocenters. The number of carboxylic acids is 1. The molecule has 0 spiro atoms. The number of hydrogen-bond acceptors (Lipinski definition) is 3. The number of nitrogens with zero attached hydrogens (tertiary/aromatic N) is 1. The molecule has 0 saturated heterocycles. The Bertz CT molecular complexity index is 509. The van der Waals surface area contributed by atoms with Gasteiger partial charge in [-0.05, 0) is 0 Å². The number of rotatable bonds is 1. The van der Waals surface area contributed by atoms with Crippen molar-refractivity contribution in [1.82, 2.24) is 4.98 Å². The Morgan fingerprint density at radius 3 is 1.72 bits per heavy atom. The predicted molar refractivity (Wildman–Crippen MR) is 45.3 cm³/mol. The Morgan fingerprint density at radius 1 is 1.00 bits per heavy atom. The molecule has 0 aromatic carbocycles. The summed E-state index contributed by atoms with van der Waals surface area (Å²) in [5.74, 6) is -10.3. The third-order valence-corrected chi connectivity index (χ3v) is 1.19. The van der Waals surface area contributed by atoms with E-state index in [1.54, 1.807) is 0 Å². The van der Waals surface area contributed by atoms with Crippen LogP contribution in [0.4, 0.5) is 17.6 Å². The average molecular weight is 293 g/mol. The van der Waals surface area contributed by atoms with E-state index in [0.29, 0.717) is 0 Å². The second kappa shape index (κ2) is 5.87. The van der Waals surface area contributed by atoms with Crippen LogP contribution < -0.4 is 0 Å². The highest BCUT2D eigenvalue weighted by Crippen LogP contribution is 2.25. The minimum absolute atomic E-state index is 1.49. The zero-order chi connectivity index (χ0) is 14.7. The summed E-state index contributed by atoms with van der Waals surface area (Å²) in [7, 11) is -4.64. The molecule has 18 heavy (non-hydrogen) atoms. The number of aromatic carboxylic acids is 1. The van der Waals surface area contributed by atoms with E-state index in [-0.39, 0.29) is 0 Å². The minimum Gasteiger partial charge on any atom is -0.476 e.